The van der Waals surface area contributed by atoms with Gasteiger partial charge in [-0.2, -0.15) is 5.10 Å². The van der Waals surface area contributed by atoms with Crippen LogP contribution in [0.1, 0.15) is 41.0 Å². The van der Waals surface area contributed by atoms with Crippen LogP contribution in [0.15, 0.2) is 39.5 Å². The van der Waals surface area contributed by atoms with Crippen molar-refractivity contribution in [1.82, 2.24) is 14.8 Å². The van der Waals surface area contributed by atoms with Gasteiger partial charge in [-0.1, -0.05) is 17.7 Å². The zero-order valence-electron chi connectivity index (χ0n) is 19.1. The van der Waals surface area contributed by atoms with Gasteiger partial charge in [-0.25, -0.2) is 4.98 Å². The Morgan fingerprint density at radius 3 is 2.61 bits per heavy atom. The predicted molar refractivity (Wildman–Crippen MR) is 131 cm³/mol. The number of aryl methyl sites for hydroxylation is 3. The van der Waals surface area contributed by atoms with Crippen molar-refractivity contribution in [1.29, 1.82) is 5.41 Å². The number of nitrogens with two attached hydrogens (primary N) is 1. The fraction of sp³-hybridized carbons (Fsp3) is 0.250. The SMILES string of the molecule is Cc1cc([C@@H](C)Nc2ccc(Cl)nc2C(=N)N)c2oc(-c3cc(C)nn3C)c(C)c(=O)c2c1. The van der Waals surface area contributed by atoms with Crippen molar-refractivity contribution in [2.24, 2.45) is 12.8 Å². The Hall–Kier alpha value is -3.65. The van der Waals surface area contributed by atoms with E-state index in [-0.39, 0.29) is 28.2 Å². The third-order valence-corrected chi connectivity index (χ3v) is 5.79. The lowest BCUT2D eigenvalue weighted by atomic mass is 9.99. The monoisotopic (exact) mass is 464 g/mol. The minimum Gasteiger partial charge on any atom is -0.454 e. The van der Waals surface area contributed by atoms with Gasteiger partial charge in [0.1, 0.15) is 28.0 Å². The molecule has 1 aromatic carbocycles. The van der Waals surface area contributed by atoms with Crippen LogP contribution in [0.3, 0.4) is 0 Å². The van der Waals surface area contributed by atoms with Crippen molar-refractivity contribution in [3.63, 3.8) is 0 Å². The Kier molecular flexibility index (Phi) is 5.71. The minimum absolute atomic E-state index is 0.0835. The molecule has 3 heterocycles. The van der Waals surface area contributed by atoms with Crippen molar-refractivity contribution < 1.29 is 4.42 Å². The summed E-state index contributed by atoms with van der Waals surface area (Å²) < 4.78 is 8.10. The van der Waals surface area contributed by atoms with Gasteiger partial charge in [0.05, 0.1) is 22.8 Å². The number of halogens is 1. The van der Waals surface area contributed by atoms with Crippen LogP contribution in [0.4, 0.5) is 5.69 Å². The molecule has 0 saturated heterocycles. The van der Waals surface area contributed by atoms with Crippen LogP contribution in [0.5, 0.6) is 0 Å². The quantitative estimate of drug-likeness (QED) is 0.225. The number of nitrogens with one attached hydrogen (secondary N) is 2. The first-order valence-electron chi connectivity index (χ1n) is 10.4. The maximum Gasteiger partial charge on any atom is 0.196 e. The molecule has 33 heavy (non-hydrogen) atoms. The summed E-state index contributed by atoms with van der Waals surface area (Å²) in [5.74, 6) is 0.294. The van der Waals surface area contributed by atoms with Crippen molar-refractivity contribution >= 4 is 34.1 Å². The van der Waals surface area contributed by atoms with Crippen LogP contribution in [0.25, 0.3) is 22.4 Å². The van der Waals surface area contributed by atoms with E-state index in [0.29, 0.717) is 28.0 Å². The molecule has 4 aromatic rings. The average molecular weight is 465 g/mol. The summed E-state index contributed by atoms with van der Waals surface area (Å²) in [7, 11) is 1.82. The number of hydrogen-bond donors (Lipinski definition) is 3. The summed E-state index contributed by atoms with van der Waals surface area (Å²) in [5.41, 5.74) is 10.8. The first-order valence-corrected chi connectivity index (χ1v) is 10.8. The topological polar surface area (TPSA) is 123 Å². The Labute approximate surface area is 195 Å². The molecular formula is C24H25ClN6O2. The van der Waals surface area contributed by atoms with E-state index in [1.165, 1.54) is 0 Å². The summed E-state index contributed by atoms with van der Waals surface area (Å²) in [6, 6.07) is 8.78. The van der Waals surface area contributed by atoms with Gasteiger partial charge >= 0.3 is 0 Å². The minimum atomic E-state index is -0.291. The molecule has 0 aliphatic carbocycles. The van der Waals surface area contributed by atoms with Crippen molar-refractivity contribution in [2.45, 2.75) is 33.7 Å². The highest BCUT2D eigenvalue weighted by Gasteiger charge is 2.21. The van der Waals surface area contributed by atoms with Gasteiger partial charge in [0.15, 0.2) is 11.2 Å². The molecule has 0 bridgehead atoms. The lowest BCUT2D eigenvalue weighted by Gasteiger charge is -2.20. The Morgan fingerprint density at radius 2 is 1.97 bits per heavy atom. The second-order valence-electron chi connectivity index (χ2n) is 8.22. The summed E-state index contributed by atoms with van der Waals surface area (Å²) >= 11 is 5.99. The number of amidine groups is 1. The van der Waals surface area contributed by atoms with Crippen LogP contribution >= 0.6 is 11.6 Å². The van der Waals surface area contributed by atoms with E-state index in [2.05, 4.69) is 15.4 Å². The van der Waals surface area contributed by atoms with Gasteiger partial charge in [0.25, 0.3) is 0 Å². The van der Waals surface area contributed by atoms with Crippen LogP contribution in [-0.2, 0) is 7.05 Å². The highest BCUT2D eigenvalue weighted by atomic mass is 35.5. The van der Waals surface area contributed by atoms with Crippen LogP contribution in [0.2, 0.25) is 5.15 Å². The van der Waals surface area contributed by atoms with Crippen molar-refractivity contribution in [3.8, 4) is 11.5 Å². The number of pyridine rings is 1. The molecule has 4 rings (SSSR count). The molecule has 0 aliphatic heterocycles. The zero-order valence-corrected chi connectivity index (χ0v) is 19.8. The van der Waals surface area contributed by atoms with E-state index in [9.17, 15) is 4.79 Å². The van der Waals surface area contributed by atoms with Crippen LogP contribution in [0, 0.1) is 26.2 Å². The van der Waals surface area contributed by atoms with Gasteiger partial charge in [0, 0.05) is 18.2 Å². The second-order valence-corrected chi connectivity index (χ2v) is 8.61. The first kappa shape index (κ1) is 22.5. The molecule has 0 radical (unpaired) electrons. The lowest BCUT2D eigenvalue weighted by Crippen LogP contribution is -2.18. The molecule has 1 atom stereocenters. The molecule has 0 amide bonds. The summed E-state index contributed by atoms with van der Waals surface area (Å²) in [6.45, 7) is 7.55. The molecule has 170 valence electrons. The number of nitrogens with zero attached hydrogens (tertiary/aromatic N) is 3. The Balaban J connectivity index is 1.90. The third kappa shape index (κ3) is 4.09. The summed E-state index contributed by atoms with van der Waals surface area (Å²) in [5, 5.41) is 16.3. The fourth-order valence-electron chi connectivity index (χ4n) is 4.02. The van der Waals surface area contributed by atoms with Crippen molar-refractivity contribution in [3.05, 3.63) is 73.8 Å². The van der Waals surface area contributed by atoms with E-state index in [4.69, 9.17) is 27.2 Å². The number of nitrogen functional groups attached to an aromatic ring is 1. The van der Waals surface area contributed by atoms with Crippen LogP contribution in [-0.4, -0.2) is 20.6 Å². The van der Waals surface area contributed by atoms with Gasteiger partial charge < -0.3 is 15.5 Å². The first-order chi connectivity index (χ1) is 15.6. The lowest BCUT2D eigenvalue weighted by molar-refractivity contribution is 0.594. The molecule has 9 heteroatoms. The van der Waals surface area contributed by atoms with Gasteiger partial charge in [-0.15, -0.1) is 0 Å². The fourth-order valence-corrected chi connectivity index (χ4v) is 4.17. The maximum absolute atomic E-state index is 13.3. The third-order valence-electron chi connectivity index (χ3n) is 5.58. The maximum atomic E-state index is 13.3. The average Bonchev–Trinajstić information content (AvgIpc) is 3.09. The molecule has 0 spiro atoms. The van der Waals surface area contributed by atoms with Crippen molar-refractivity contribution in [2.75, 3.05) is 5.32 Å². The van der Waals surface area contributed by atoms with E-state index in [0.717, 1.165) is 22.5 Å². The molecule has 3 aromatic heterocycles. The van der Waals surface area contributed by atoms with E-state index in [1.54, 1.807) is 23.7 Å². The normalized spacial score (nSPS) is 12.2. The molecule has 0 saturated carbocycles. The Bertz CT molecular complexity index is 1470. The molecule has 0 fully saturated rings. The predicted octanol–water partition coefficient (Wildman–Crippen LogP) is 4.62. The molecule has 4 N–H and O–H groups in total. The Morgan fingerprint density at radius 1 is 1.24 bits per heavy atom. The highest BCUT2D eigenvalue weighted by molar-refractivity contribution is 6.29. The smallest absolute Gasteiger partial charge is 0.196 e. The summed E-state index contributed by atoms with van der Waals surface area (Å²) in [4.78, 5) is 17.5. The number of aromatic nitrogens is 3. The summed E-state index contributed by atoms with van der Waals surface area (Å²) in [6.07, 6.45) is 0. The highest BCUT2D eigenvalue weighted by Crippen LogP contribution is 2.32. The van der Waals surface area contributed by atoms with E-state index in [1.807, 2.05) is 46.0 Å². The molecule has 8 nitrogen and oxygen atoms in total. The van der Waals surface area contributed by atoms with Gasteiger partial charge in [0.2, 0.25) is 0 Å². The van der Waals surface area contributed by atoms with Crippen LogP contribution < -0.4 is 16.5 Å². The standard InChI is InChI=1S/C24H25ClN6O2/c1-11-8-15(14(4)28-17-6-7-19(25)29-20(17)24(26)27)23-16(9-11)21(32)13(3)22(33-23)18-10-12(2)30-31(18)5/h6-10,14,28H,1-5H3,(H3,26,27)/t14-/m1/s1. The van der Waals surface area contributed by atoms with Gasteiger partial charge in [-0.3, -0.25) is 14.9 Å². The number of benzene rings is 1. The van der Waals surface area contributed by atoms with E-state index < -0.39 is 0 Å². The molecular weight excluding hydrogens is 440 g/mol. The van der Waals surface area contributed by atoms with Gasteiger partial charge in [-0.05, 0) is 57.5 Å². The molecule has 0 aliphatic rings. The number of fused-ring (bicyclic) bond motifs is 1. The van der Waals surface area contributed by atoms with E-state index >= 15 is 0 Å². The molecule has 0 unspecified atom stereocenters. The number of hydrogen-bond acceptors (Lipinski definition) is 6. The number of rotatable bonds is 5. The second kappa shape index (κ2) is 8.37. The zero-order chi connectivity index (χ0) is 24.0. The largest absolute Gasteiger partial charge is 0.454 e. The number of anilines is 1.